The quantitative estimate of drug-likeness (QED) is 0.740. The maximum absolute atomic E-state index is 10.4. The number of aromatic nitrogens is 1. The van der Waals surface area contributed by atoms with E-state index in [0.29, 0.717) is 11.5 Å². The first-order valence-electron chi connectivity index (χ1n) is 5.05. The molecule has 0 spiro atoms. The molecule has 1 aliphatic rings. The molecular weight excluding hydrogens is 192 g/mol. The van der Waals surface area contributed by atoms with Crippen molar-refractivity contribution >= 4 is 12.1 Å². The molecule has 1 unspecified atom stereocenters. The van der Waals surface area contributed by atoms with E-state index in [9.17, 15) is 9.90 Å². The van der Waals surface area contributed by atoms with Crippen LogP contribution in [0.4, 0.5) is 5.82 Å². The zero-order valence-electron chi connectivity index (χ0n) is 8.63. The number of carbonyl (C=O) groups excluding carboxylic acids is 1. The molecule has 15 heavy (non-hydrogen) atoms. The summed E-state index contributed by atoms with van der Waals surface area (Å²) in [7, 11) is 0. The summed E-state index contributed by atoms with van der Waals surface area (Å²) in [6.07, 6.45) is 2.10. The van der Waals surface area contributed by atoms with Gasteiger partial charge in [-0.3, -0.25) is 4.79 Å². The third kappa shape index (κ3) is 1.99. The molecule has 0 amide bonds. The minimum atomic E-state index is -0.254. The molecule has 0 saturated carbocycles. The number of rotatable bonds is 3. The molecule has 0 aliphatic carbocycles. The molecule has 1 fully saturated rings. The molecule has 0 bridgehead atoms. The number of hydrogen-bond donors (Lipinski definition) is 1. The molecular formula is C11H14N2O2. The molecule has 4 heteroatoms. The van der Waals surface area contributed by atoms with Crippen LogP contribution in [0.1, 0.15) is 17.3 Å². The summed E-state index contributed by atoms with van der Waals surface area (Å²) in [6, 6.07) is 3.59. The highest BCUT2D eigenvalue weighted by atomic mass is 16.3. The van der Waals surface area contributed by atoms with E-state index in [2.05, 4.69) is 9.88 Å². The molecule has 0 radical (unpaired) electrons. The van der Waals surface area contributed by atoms with Crippen LogP contribution in [0.25, 0.3) is 0 Å². The van der Waals surface area contributed by atoms with Crippen molar-refractivity contribution < 1.29 is 9.90 Å². The van der Waals surface area contributed by atoms with Crippen molar-refractivity contribution in [3.8, 4) is 0 Å². The molecule has 1 saturated heterocycles. The molecule has 1 atom stereocenters. The van der Waals surface area contributed by atoms with Crippen molar-refractivity contribution in [3.63, 3.8) is 0 Å². The Morgan fingerprint density at radius 1 is 1.60 bits per heavy atom. The average Bonchev–Trinajstić information content (AvgIpc) is 2.16. The summed E-state index contributed by atoms with van der Waals surface area (Å²) in [6.45, 7) is 3.49. The summed E-state index contributed by atoms with van der Waals surface area (Å²) in [5, 5.41) is 9.33. The van der Waals surface area contributed by atoms with Crippen LogP contribution in [-0.2, 0) is 0 Å². The lowest BCUT2D eigenvalue weighted by atomic mass is 9.95. The second kappa shape index (κ2) is 3.98. The van der Waals surface area contributed by atoms with Gasteiger partial charge < -0.3 is 10.0 Å². The van der Waals surface area contributed by atoms with Crippen molar-refractivity contribution in [1.29, 1.82) is 0 Å². The normalized spacial score (nSPS) is 18.4. The maximum Gasteiger partial charge on any atom is 0.151 e. The van der Waals surface area contributed by atoms with Crippen LogP contribution in [0.15, 0.2) is 18.3 Å². The van der Waals surface area contributed by atoms with Crippen molar-refractivity contribution in [2.24, 2.45) is 5.92 Å². The van der Waals surface area contributed by atoms with Crippen molar-refractivity contribution in [3.05, 3.63) is 23.9 Å². The van der Waals surface area contributed by atoms with Gasteiger partial charge in [-0.25, -0.2) is 4.98 Å². The predicted octanol–water partition coefficient (Wildman–Crippen LogP) is 0.711. The molecule has 0 aromatic carbocycles. The van der Waals surface area contributed by atoms with E-state index in [1.54, 1.807) is 12.3 Å². The highest BCUT2D eigenvalue weighted by molar-refractivity contribution is 5.74. The van der Waals surface area contributed by atoms with Crippen LogP contribution >= 0.6 is 0 Å². The Bertz CT molecular complexity index is 342. The van der Waals surface area contributed by atoms with Gasteiger partial charge in [-0.05, 0) is 19.1 Å². The van der Waals surface area contributed by atoms with Crippen LogP contribution < -0.4 is 4.90 Å². The van der Waals surface area contributed by atoms with Gasteiger partial charge in [0.05, 0.1) is 6.10 Å². The van der Waals surface area contributed by atoms with Gasteiger partial charge >= 0.3 is 0 Å². The average molecular weight is 206 g/mol. The summed E-state index contributed by atoms with van der Waals surface area (Å²) in [4.78, 5) is 16.7. The van der Waals surface area contributed by atoms with Gasteiger partial charge in [0.25, 0.3) is 0 Å². The first-order chi connectivity index (χ1) is 7.20. The lowest BCUT2D eigenvalue weighted by molar-refractivity contribution is 0.107. The molecule has 2 rings (SSSR count). The molecule has 1 N–H and O–H groups in total. The van der Waals surface area contributed by atoms with Crippen LogP contribution in [0.5, 0.6) is 0 Å². The second-order valence-corrected chi connectivity index (χ2v) is 3.97. The summed E-state index contributed by atoms with van der Waals surface area (Å²) in [5.41, 5.74) is 0.589. The highest BCUT2D eigenvalue weighted by Crippen LogP contribution is 2.24. The minimum absolute atomic E-state index is 0.254. The Kier molecular flexibility index (Phi) is 2.68. The van der Waals surface area contributed by atoms with Gasteiger partial charge in [0.2, 0.25) is 0 Å². The van der Waals surface area contributed by atoms with Crippen LogP contribution in [0.2, 0.25) is 0 Å². The fraction of sp³-hybridized carbons (Fsp3) is 0.455. The van der Waals surface area contributed by atoms with E-state index in [-0.39, 0.29) is 6.10 Å². The van der Waals surface area contributed by atoms with E-state index >= 15 is 0 Å². The standard InChI is InChI=1S/C11H14N2O2/c1-8(15)10-5-13(6-10)11-3-2-9(7-14)4-12-11/h2-4,7-8,10,15H,5-6H2,1H3. The lowest BCUT2D eigenvalue weighted by Crippen LogP contribution is -2.51. The number of aliphatic hydroxyl groups is 1. The predicted molar refractivity (Wildman–Crippen MR) is 57.0 cm³/mol. The maximum atomic E-state index is 10.4. The van der Waals surface area contributed by atoms with E-state index < -0.39 is 0 Å². The van der Waals surface area contributed by atoms with Crippen LogP contribution in [-0.4, -0.2) is 35.6 Å². The van der Waals surface area contributed by atoms with E-state index in [4.69, 9.17) is 0 Å². The van der Waals surface area contributed by atoms with Gasteiger partial charge in [-0.2, -0.15) is 0 Å². The lowest BCUT2D eigenvalue weighted by Gasteiger charge is -2.41. The smallest absolute Gasteiger partial charge is 0.151 e. The van der Waals surface area contributed by atoms with Crippen molar-refractivity contribution in [1.82, 2.24) is 4.98 Å². The molecule has 1 aliphatic heterocycles. The Hall–Kier alpha value is -1.42. The van der Waals surface area contributed by atoms with E-state index in [1.807, 2.05) is 13.0 Å². The van der Waals surface area contributed by atoms with Gasteiger partial charge in [-0.1, -0.05) is 0 Å². The third-order valence-corrected chi connectivity index (χ3v) is 2.82. The number of aldehydes is 1. The largest absolute Gasteiger partial charge is 0.393 e. The van der Waals surface area contributed by atoms with Crippen LogP contribution in [0.3, 0.4) is 0 Å². The Morgan fingerprint density at radius 3 is 2.80 bits per heavy atom. The van der Waals surface area contributed by atoms with Crippen LogP contribution in [0, 0.1) is 5.92 Å². The first kappa shape index (κ1) is 10.1. The summed E-state index contributed by atoms with van der Waals surface area (Å²) in [5.74, 6) is 1.22. The first-order valence-corrected chi connectivity index (χ1v) is 5.05. The number of hydrogen-bond acceptors (Lipinski definition) is 4. The number of anilines is 1. The summed E-state index contributed by atoms with van der Waals surface area (Å²) >= 11 is 0. The van der Waals surface area contributed by atoms with Gasteiger partial charge in [0, 0.05) is 30.8 Å². The topological polar surface area (TPSA) is 53.4 Å². The molecule has 80 valence electrons. The number of nitrogens with zero attached hydrogens (tertiary/aromatic N) is 2. The van der Waals surface area contributed by atoms with Crippen molar-refractivity contribution in [2.45, 2.75) is 13.0 Å². The van der Waals surface area contributed by atoms with Gasteiger partial charge in [0.15, 0.2) is 6.29 Å². The molecule has 4 nitrogen and oxygen atoms in total. The zero-order valence-corrected chi connectivity index (χ0v) is 8.63. The minimum Gasteiger partial charge on any atom is -0.393 e. The fourth-order valence-electron chi connectivity index (χ4n) is 1.66. The Labute approximate surface area is 88.6 Å². The zero-order chi connectivity index (χ0) is 10.8. The van der Waals surface area contributed by atoms with Gasteiger partial charge in [0.1, 0.15) is 5.82 Å². The monoisotopic (exact) mass is 206 g/mol. The molecule has 2 heterocycles. The van der Waals surface area contributed by atoms with E-state index in [1.165, 1.54) is 0 Å². The third-order valence-electron chi connectivity index (χ3n) is 2.82. The van der Waals surface area contributed by atoms with Gasteiger partial charge in [-0.15, -0.1) is 0 Å². The molecule has 1 aromatic rings. The Balaban J connectivity index is 1.98. The Morgan fingerprint density at radius 2 is 2.33 bits per heavy atom. The second-order valence-electron chi connectivity index (χ2n) is 3.97. The highest BCUT2D eigenvalue weighted by Gasteiger charge is 2.30. The van der Waals surface area contributed by atoms with Crippen molar-refractivity contribution in [2.75, 3.05) is 18.0 Å². The number of carbonyl (C=O) groups is 1. The SMILES string of the molecule is CC(O)C1CN(c2ccc(C=O)cn2)C1. The van der Waals surface area contributed by atoms with E-state index in [0.717, 1.165) is 25.2 Å². The fourth-order valence-corrected chi connectivity index (χ4v) is 1.66. The number of pyridine rings is 1. The number of aliphatic hydroxyl groups excluding tert-OH is 1. The summed E-state index contributed by atoms with van der Waals surface area (Å²) < 4.78 is 0. The molecule has 1 aromatic heterocycles.